The van der Waals surface area contributed by atoms with Crippen molar-refractivity contribution in [2.45, 2.75) is 76.9 Å². The van der Waals surface area contributed by atoms with Gasteiger partial charge in [-0.05, 0) is 54.0 Å². The lowest BCUT2D eigenvalue weighted by Crippen LogP contribution is -2.71. The molecule has 23 heavy (non-hydrogen) atoms. The second-order valence-corrected chi connectivity index (χ2v) is 7.85. The Labute approximate surface area is 140 Å². The molecule has 6 nitrogen and oxygen atoms in total. The summed E-state index contributed by atoms with van der Waals surface area (Å²) in [7, 11) is 3.43. The van der Waals surface area contributed by atoms with E-state index in [-0.39, 0.29) is 23.1 Å². The van der Waals surface area contributed by atoms with E-state index in [0.717, 1.165) is 12.8 Å². The fourth-order valence-corrected chi connectivity index (χ4v) is 3.72. The van der Waals surface area contributed by atoms with Crippen molar-refractivity contribution < 1.29 is 14.3 Å². The predicted molar refractivity (Wildman–Crippen MR) is 91.3 cm³/mol. The summed E-state index contributed by atoms with van der Waals surface area (Å²) < 4.78 is 5.04. The SMILES string of the molecule is CCCCNC(=O)NC1(C(=O)OC)CC(C)(C)N(C)C(C)(C)C1. The lowest BCUT2D eigenvalue weighted by molar-refractivity contribution is -0.157. The molecule has 1 rings (SSSR count). The Kier molecular flexibility index (Phi) is 6.07. The Morgan fingerprint density at radius 1 is 1.13 bits per heavy atom. The lowest BCUT2D eigenvalue weighted by atomic mass is 9.69. The molecular weight excluding hydrogens is 294 g/mol. The fourth-order valence-electron chi connectivity index (χ4n) is 3.72. The number of piperidine rings is 1. The van der Waals surface area contributed by atoms with Crippen LogP contribution >= 0.6 is 0 Å². The molecule has 1 heterocycles. The number of rotatable bonds is 5. The van der Waals surface area contributed by atoms with Crippen molar-refractivity contribution in [1.82, 2.24) is 15.5 Å². The van der Waals surface area contributed by atoms with Crippen LogP contribution in [-0.4, -0.2) is 54.2 Å². The average Bonchev–Trinajstić information content (AvgIpc) is 2.43. The van der Waals surface area contributed by atoms with Crippen molar-refractivity contribution in [2.75, 3.05) is 20.7 Å². The number of methoxy groups -OCH3 is 1. The van der Waals surface area contributed by atoms with Crippen LogP contribution in [0.5, 0.6) is 0 Å². The summed E-state index contributed by atoms with van der Waals surface area (Å²) >= 11 is 0. The second-order valence-electron chi connectivity index (χ2n) is 7.85. The smallest absolute Gasteiger partial charge is 0.331 e. The molecule has 0 aromatic carbocycles. The maximum atomic E-state index is 12.6. The third-order valence-corrected chi connectivity index (χ3v) is 5.03. The third-order valence-electron chi connectivity index (χ3n) is 5.03. The second kappa shape index (κ2) is 7.07. The monoisotopic (exact) mass is 327 g/mol. The van der Waals surface area contributed by atoms with Crippen molar-refractivity contribution >= 4 is 12.0 Å². The molecule has 0 aromatic rings. The molecule has 0 unspecified atom stereocenters. The van der Waals surface area contributed by atoms with Crippen molar-refractivity contribution in [3.63, 3.8) is 0 Å². The number of nitrogens with zero attached hydrogens (tertiary/aromatic N) is 1. The van der Waals surface area contributed by atoms with Crippen LogP contribution < -0.4 is 10.6 Å². The summed E-state index contributed by atoms with van der Waals surface area (Å²) in [6.07, 6.45) is 2.94. The Morgan fingerprint density at radius 3 is 2.09 bits per heavy atom. The molecule has 2 N–H and O–H groups in total. The zero-order valence-electron chi connectivity index (χ0n) is 15.7. The highest BCUT2D eigenvalue weighted by molar-refractivity contribution is 5.88. The summed E-state index contributed by atoms with van der Waals surface area (Å²) in [6, 6.07) is -0.306. The van der Waals surface area contributed by atoms with Crippen LogP contribution in [0.25, 0.3) is 0 Å². The van der Waals surface area contributed by atoms with Gasteiger partial charge in [0, 0.05) is 17.6 Å². The number of urea groups is 1. The van der Waals surface area contributed by atoms with Crippen molar-refractivity contribution in [3.8, 4) is 0 Å². The predicted octanol–water partition coefficient (Wildman–Crippen LogP) is 2.28. The zero-order chi connectivity index (χ0) is 17.9. The first-order valence-electron chi connectivity index (χ1n) is 8.39. The molecule has 0 bridgehead atoms. The van der Waals surface area contributed by atoms with E-state index in [2.05, 4.69) is 57.2 Å². The topological polar surface area (TPSA) is 70.7 Å². The van der Waals surface area contributed by atoms with Crippen molar-refractivity contribution in [2.24, 2.45) is 0 Å². The number of esters is 1. The minimum atomic E-state index is -1.01. The standard InChI is InChI=1S/C17H33N3O3/c1-8-9-10-18-14(22)19-17(13(21)23-7)11-15(2,3)20(6)16(4,5)12-17/h8-12H2,1-7H3,(H2,18,19,22). The van der Waals surface area contributed by atoms with Gasteiger partial charge in [-0.15, -0.1) is 0 Å². The van der Waals surface area contributed by atoms with E-state index in [9.17, 15) is 9.59 Å². The summed E-state index contributed by atoms with van der Waals surface area (Å²) in [6.45, 7) is 11.0. The first-order valence-corrected chi connectivity index (χ1v) is 8.39. The number of hydrogen-bond acceptors (Lipinski definition) is 4. The van der Waals surface area contributed by atoms with Crippen LogP contribution in [0, 0.1) is 0 Å². The Bertz CT molecular complexity index is 428. The molecule has 0 aliphatic carbocycles. The lowest BCUT2D eigenvalue weighted by Gasteiger charge is -2.57. The Hall–Kier alpha value is -1.30. The highest BCUT2D eigenvalue weighted by atomic mass is 16.5. The van der Waals surface area contributed by atoms with Gasteiger partial charge >= 0.3 is 12.0 Å². The van der Waals surface area contributed by atoms with Gasteiger partial charge in [-0.1, -0.05) is 13.3 Å². The molecule has 6 heteroatoms. The number of nitrogens with one attached hydrogen (secondary N) is 2. The number of amides is 2. The summed E-state index contributed by atoms with van der Waals surface area (Å²) in [4.78, 5) is 27.1. The van der Waals surface area contributed by atoms with Crippen molar-refractivity contribution in [3.05, 3.63) is 0 Å². The Morgan fingerprint density at radius 2 is 1.65 bits per heavy atom. The van der Waals surface area contributed by atoms with Gasteiger partial charge in [-0.25, -0.2) is 9.59 Å². The zero-order valence-corrected chi connectivity index (χ0v) is 15.7. The molecule has 134 valence electrons. The number of hydrogen-bond donors (Lipinski definition) is 2. The van der Waals surface area contributed by atoms with E-state index < -0.39 is 5.54 Å². The normalized spacial score (nSPS) is 22.2. The van der Waals surface area contributed by atoms with Gasteiger partial charge in [0.25, 0.3) is 0 Å². The maximum absolute atomic E-state index is 12.6. The van der Waals surface area contributed by atoms with Crippen LogP contribution in [0.1, 0.15) is 60.3 Å². The number of carbonyl (C=O) groups is 2. The summed E-state index contributed by atoms with van der Waals surface area (Å²) in [5.41, 5.74) is -1.50. The van der Waals surface area contributed by atoms with Crippen LogP contribution in [0.2, 0.25) is 0 Å². The summed E-state index contributed by atoms with van der Waals surface area (Å²) in [5, 5.41) is 5.75. The maximum Gasteiger partial charge on any atom is 0.331 e. The molecule has 1 fully saturated rings. The molecule has 0 atom stereocenters. The van der Waals surface area contributed by atoms with Crippen LogP contribution in [-0.2, 0) is 9.53 Å². The van der Waals surface area contributed by atoms with E-state index in [4.69, 9.17) is 4.74 Å². The van der Waals surface area contributed by atoms with E-state index in [0.29, 0.717) is 19.4 Å². The quantitative estimate of drug-likeness (QED) is 0.600. The minimum Gasteiger partial charge on any atom is -0.467 e. The molecule has 1 aliphatic rings. The first-order chi connectivity index (χ1) is 10.5. The first kappa shape index (κ1) is 19.7. The van der Waals surface area contributed by atoms with E-state index in [1.807, 2.05) is 0 Å². The minimum absolute atomic E-state index is 0.243. The van der Waals surface area contributed by atoms with Crippen LogP contribution in [0.3, 0.4) is 0 Å². The molecule has 1 aliphatic heterocycles. The molecule has 1 saturated heterocycles. The van der Waals surface area contributed by atoms with E-state index in [1.54, 1.807) is 0 Å². The van der Waals surface area contributed by atoms with Gasteiger partial charge in [0.1, 0.15) is 5.54 Å². The number of ether oxygens (including phenoxy) is 1. The average molecular weight is 327 g/mol. The van der Waals surface area contributed by atoms with Gasteiger partial charge in [-0.3, -0.25) is 4.90 Å². The number of carbonyl (C=O) groups excluding carboxylic acids is 2. The Balaban J connectivity index is 3.04. The largest absolute Gasteiger partial charge is 0.467 e. The van der Waals surface area contributed by atoms with Gasteiger partial charge in [-0.2, -0.15) is 0 Å². The van der Waals surface area contributed by atoms with Gasteiger partial charge in [0.15, 0.2) is 0 Å². The molecule has 0 radical (unpaired) electrons. The molecular formula is C17H33N3O3. The molecule has 0 spiro atoms. The summed E-state index contributed by atoms with van der Waals surface area (Å²) in [5.74, 6) is -0.377. The molecule has 0 aromatic heterocycles. The van der Waals surface area contributed by atoms with E-state index >= 15 is 0 Å². The number of unbranched alkanes of at least 4 members (excludes halogenated alkanes) is 1. The van der Waals surface area contributed by atoms with Gasteiger partial charge < -0.3 is 15.4 Å². The van der Waals surface area contributed by atoms with Gasteiger partial charge in [0.2, 0.25) is 0 Å². The third kappa shape index (κ3) is 4.37. The van der Waals surface area contributed by atoms with Crippen LogP contribution in [0.15, 0.2) is 0 Å². The highest BCUT2D eigenvalue weighted by Crippen LogP contribution is 2.42. The number of likely N-dealkylation sites (tertiary alicyclic amines) is 1. The molecule has 2 amide bonds. The van der Waals surface area contributed by atoms with Crippen molar-refractivity contribution in [1.29, 1.82) is 0 Å². The van der Waals surface area contributed by atoms with E-state index in [1.165, 1.54) is 7.11 Å². The molecule has 0 saturated carbocycles. The van der Waals surface area contributed by atoms with Crippen LogP contribution in [0.4, 0.5) is 4.79 Å². The fraction of sp³-hybridized carbons (Fsp3) is 0.882. The highest BCUT2D eigenvalue weighted by Gasteiger charge is 2.55. The van der Waals surface area contributed by atoms with Gasteiger partial charge in [0.05, 0.1) is 7.11 Å².